The van der Waals surface area contributed by atoms with Crippen molar-refractivity contribution in [1.82, 2.24) is 15.5 Å². The van der Waals surface area contributed by atoms with Crippen molar-refractivity contribution in [2.45, 2.75) is 13.0 Å². The molecule has 0 saturated heterocycles. The number of rotatable bonds is 3. The van der Waals surface area contributed by atoms with E-state index in [2.05, 4.69) is 15.5 Å². The molecular formula is C12H12ClN3O. The molecule has 1 aromatic carbocycles. The highest BCUT2D eigenvalue weighted by Gasteiger charge is 2.13. The summed E-state index contributed by atoms with van der Waals surface area (Å²) in [4.78, 5) is 11.9. The number of H-pyrrole nitrogens is 1. The normalized spacial score (nSPS) is 12.1. The monoisotopic (exact) mass is 249 g/mol. The second-order valence-corrected chi connectivity index (χ2v) is 4.11. The number of hydrogen-bond donors (Lipinski definition) is 2. The van der Waals surface area contributed by atoms with Crippen molar-refractivity contribution >= 4 is 17.5 Å². The fraction of sp³-hybridized carbons (Fsp3) is 0.167. The molecule has 17 heavy (non-hydrogen) atoms. The van der Waals surface area contributed by atoms with Crippen LogP contribution < -0.4 is 5.32 Å². The maximum atomic E-state index is 11.9. The summed E-state index contributed by atoms with van der Waals surface area (Å²) in [5.41, 5.74) is 1.40. The Bertz CT molecular complexity index is 510. The van der Waals surface area contributed by atoms with Crippen LogP contribution in [0.15, 0.2) is 36.7 Å². The van der Waals surface area contributed by atoms with Gasteiger partial charge in [-0.25, -0.2) is 0 Å². The van der Waals surface area contributed by atoms with E-state index in [0.29, 0.717) is 10.6 Å². The van der Waals surface area contributed by atoms with E-state index >= 15 is 0 Å². The minimum atomic E-state index is -0.190. The average Bonchev–Trinajstić information content (AvgIpc) is 2.82. The highest BCUT2D eigenvalue weighted by Crippen LogP contribution is 2.16. The third-order valence-corrected chi connectivity index (χ3v) is 2.82. The molecule has 0 saturated carbocycles. The van der Waals surface area contributed by atoms with Crippen LogP contribution in [0, 0.1) is 0 Å². The predicted octanol–water partition coefficient (Wildman–Crippen LogP) is 2.55. The molecule has 2 N–H and O–H groups in total. The van der Waals surface area contributed by atoms with Crippen molar-refractivity contribution in [1.29, 1.82) is 0 Å². The second-order valence-electron chi connectivity index (χ2n) is 3.71. The first kappa shape index (κ1) is 11.7. The fourth-order valence-corrected chi connectivity index (χ4v) is 1.72. The molecule has 1 atom stereocenters. The molecule has 1 amide bonds. The number of carbonyl (C=O) groups excluding carboxylic acids is 1. The SMILES string of the molecule is CC(NC(=O)c1ccccc1Cl)c1cn[nH]c1. The smallest absolute Gasteiger partial charge is 0.253 e. The topological polar surface area (TPSA) is 57.8 Å². The van der Waals surface area contributed by atoms with Gasteiger partial charge in [0.15, 0.2) is 0 Å². The molecule has 0 radical (unpaired) electrons. The van der Waals surface area contributed by atoms with E-state index in [9.17, 15) is 4.79 Å². The summed E-state index contributed by atoms with van der Waals surface area (Å²) in [7, 11) is 0. The molecule has 0 bridgehead atoms. The van der Waals surface area contributed by atoms with Gasteiger partial charge < -0.3 is 5.32 Å². The minimum Gasteiger partial charge on any atom is -0.345 e. The summed E-state index contributed by atoms with van der Waals surface area (Å²) in [6, 6.07) is 6.85. The number of carbonyl (C=O) groups is 1. The van der Waals surface area contributed by atoms with Crippen LogP contribution in [-0.4, -0.2) is 16.1 Å². The van der Waals surface area contributed by atoms with Gasteiger partial charge >= 0.3 is 0 Å². The molecule has 5 heteroatoms. The van der Waals surface area contributed by atoms with Crippen molar-refractivity contribution in [3.63, 3.8) is 0 Å². The summed E-state index contributed by atoms with van der Waals surface area (Å²) < 4.78 is 0. The second kappa shape index (κ2) is 5.01. The Balaban J connectivity index is 2.10. The maximum Gasteiger partial charge on any atom is 0.253 e. The van der Waals surface area contributed by atoms with Crippen LogP contribution in [0.2, 0.25) is 5.02 Å². The molecule has 2 aromatic rings. The van der Waals surface area contributed by atoms with E-state index in [0.717, 1.165) is 5.56 Å². The van der Waals surface area contributed by atoms with E-state index in [4.69, 9.17) is 11.6 Å². The van der Waals surface area contributed by atoms with Gasteiger partial charge in [-0.1, -0.05) is 23.7 Å². The van der Waals surface area contributed by atoms with Crippen molar-refractivity contribution in [3.05, 3.63) is 52.8 Å². The molecule has 1 heterocycles. The van der Waals surface area contributed by atoms with Gasteiger partial charge in [0.25, 0.3) is 5.91 Å². The number of benzene rings is 1. The lowest BCUT2D eigenvalue weighted by Gasteiger charge is -2.12. The summed E-state index contributed by atoms with van der Waals surface area (Å²) in [5, 5.41) is 9.85. The first-order valence-electron chi connectivity index (χ1n) is 5.22. The largest absolute Gasteiger partial charge is 0.345 e. The van der Waals surface area contributed by atoms with E-state index < -0.39 is 0 Å². The Morgan fingerprint density at radius 2 is 2.24 bits per heavy atom. The first-order valence-corrected chi connectivity index (χ1v) is 5.60. The molecule has 2 rings (SSSR count). The summed E-state index contributed by atoms with van der Waals surface area (Å²) in [5.74, 6) is -0.190. The lowest BCUT2D eigenvalue weighted by atomic mass is 10.1. The zero-order valence-corrected chi connectivity index (χ0v) is 10.0. The van der Waals surface area contributed by atoms with Crippen LogP contribution in [-0.2, 0) is 0 Å². The number of aromatic amines is 1. The molecular weight excluding hydrogens is 238 g/mol. The van der Waals surface area contributed by atoms with Crippen molar-refractivity contribution in [3.8, 4) is 0 Å². The quantitative estimate of drug-likeness (QED) is 0.878. The third kappa shape index (κ3) is 2.65. The molecule has 0 aliphatic heterocycles. The lowest BCUT2D eigenvalue weighted by molar-refractivity contribution is 0.0940. The first-order chi connectivity index (χ1) is 8.18. The number of nitrogens with zero attached hydrogens (tertiary/aromatic N) is 1. The number of aromatic nitrogens is 2. The summed E-state index contributed by atoms with van der Waals surface area (Å²) in [6.45, 7) is 1.89. The molecule has 4 nitrogen and oxygen atoms in total. The summed E-state index contributed by atoms with van der Waals surface area (Å²) in [6.07, 6.45) is 3.43. The Labute approximate surface area is 104 Å². The van der Waals surface area contributed by atoms with E-state index in [1.54, 1.807) is 36.7 Å². The van der Waals surface area contributed by atoms with Crippen LogP contribution in [0.5, 0.6) is 0 Å². The predicted molar refractivity (Wildman–Crippen MR) is 65.9 cm³/mol. The standard InChI is InChI=1S/C12H12ClN3O/c1-8(9-6-14-15-7-9)16-12(17)10-4-2-3-5-11(10)13/h2-8H,1H3,(H,14,15)(H,16,17). The van der Waals surface area contributed by atoms with Crippen LogP contribution in [0.1, 0.15) is 28.9 Å². The van der Waals surface area contributed by atoms with Gasteiger partial charge in [0, 0.05) is 11.8 Å². The number of amides is 1. The molecule has 1 unspecified atom stereocenters. The minimum absolute atomic E-state index is 0.113. The number of halogens is 1. The van der Waals surface area contributed by atoms with Crippen molar-refractivity contribution < 1.29 is 4.79 Å². The van der Waals surface area contributed by atoms with Crippen molar-refractivity contribution in [2.75, 3.05) is 0 Å². The van der Waals surface area contributed by atoms with Crippen LogP contribution in [0.25, 0.3) is 0 Å². The molecule has 1 aromatic heterocycles. The Morgan fingerprint density at radius 1 is 1.47 bits per heavy atom. The van der Waals surface area contributed by atoms with E-state index in [-0.39, 0.29) is 11.9 Å². The molecule has 0 aliphatic carbocycles. The molecule has 88 valence electrons. The zero-order chi connectivity index (χ0) is 12.3. The molecule has 0 aliphatic rings. The van der Waals surface area contributed by atoms with Crippen LogP contribution in [0.4, 0.5) is 0 Å². The van der Waals surface area contributed by atoms with Gasteiger partial charge in [0.2, 0.25) is 0 Å². The van der Waals surface area contributed by atoms with Gasteiger partial charge in [-0.3, -0.25) is 9.89 Å². The van der Waals surface area contributed by atoms with Gasteiger partial charge in [-0.2, -0.15) is 5.10 Å². The van der Waals surface area contributed by atoms with Gasteiger partial charge in [-0.15, -0.1) is 0 Å². The fourth-order valence-electron chi connectivity index (χ4n) is 1.50. The Hall–Kier alpha value is -1.81. The molecule has 0 fully saturated rings. The van der Waals surface area contributed by atoms with Gasteiger partial charge in [0.05, 0.1) is 22.8 Å². The van der Waals surface area contributed by atoms with E-state index in [1.807, 2.05) is 6.92 Å². The van der Waals surface area contributed by atoms with Crippen LogP contribution >= 0.6 is 11.6 Å². The van der Waals surface area contributed by atoms with Crippen LogP contribution in [0.3, 0.4) is 0 Å². The third-order valence-electron chi connectivity index (χ3n) is 2.49. The highest BCUT2D eigenvalue weighted by atomic mass is 35.5. The number of hydrogen-bond acceptors (Lipinski definition) is 2. The van der Waals surface area contributed by atoms with Gasteiger partial charge in [-0.05, 0) is 19.1 Å². The highest BCUT2D eigenvalue weighted by molar-refractivity contribution is 6.33. The van der Waals surface area contributed by atoms with Crippen molar-refractivity contribution in [2.24, 2.45) is 0 Å². The number of nitrogens with one attached hydrogen (secondary N) is 2. The van der Waals surface area contributed by atoms with E-state index in [1.165, 1.54) is 0 Å². The lowest BCUT2D eigenvalue weighted by Crippen LogP contribution is -2.26. The summed E-state index contributed by atoms with van der Waals surface area (Å²) >= 11 is 5.95. The Kier molecular flexibility index (Phi) is 3.44. The molecule has 0 spiro atoms. The van der Waals surface area contributed by atoms with Gasteiger partial charge in [0.1, 0.15) is 0 Å². The average molecular weight is 250 g/mol. The zero-order valence-electron chi connectivity index (χ0n) is 9.27. The Morgan fingerprint density at radius 3 is 2.88 bits per heavy atom. The maximum absolute atomic E-state index is 11.9.